The number of hydrogen-bond donors (Lipinski definition) is 1. The second kappa shape index (κ2) is 5.31. The molecule has 1 fully saturated rings. The van der Waals surface area contributed by atoms with Crippen LogP contribution >= 0.6 is 0 Å². The minimum Gasteiger partial charge on any atom is -0.392 e. The van der Waals surface area contributed by atoms with Crippen molar-refractivity contribution in [2.45, 2.75) is 39.7 Å². The first kappa shape index (κ1) is 13.4. The molecule has 2 atom stereocenters. The Labute approximate surface area is 111 Å². The second-order valence-electron chi connectivity index (χ2n) is 6.11. The van der Waals surface area contributed by atoms with Crippen LogP contribution in [-0.4, -0.2) is 24.3 Å². The Hall–Kier alpha value is -1.02. The third-order valence-corrected chi connectivity index (χ3v) is 4.36. The van der Waals surface area contributed by atoms with Crippen molar-refractivity contribution in [2.24, 2.45) is 11.3 Å². The van der Waals surface area contributed by atoms with Gasteiger partial charge in [-0.2, -0.15) is 0 Å². The van der Waals surface area contributed by atoms with Crippen LogP contribution in [0.3, 0.4) is 0 Å². The van der Waals surface area contributed by atoms with Gasteiger partial charge in [-0.25, -0.2) is 0 Å². The van der Waals surface area contributed by atoms with E-state index in [0.29, 0.717) is 5.92 Å². The molecule has 2 unspecified atom stereocenters. The van der Waals surface area contributed by atoms with Crippen molar-refractivity contribution in [3.63, 3.8) is 0 Å². The number of hydrogen-bond acceptors (Lipinski definition) is 2. The lowest BCUT2D eigenvalue weighted by Gasteiger charge is -2.31. The van der Waals surface area contributed by atoms with E-state index in [1.165, 1.54) is 5.69 Å². The quantitative estimate of drug-likeness (QED) is 0.882. The van der Waals surface area contributed by atoms with Crippen LogP contribution in [0.1, 0.15) is 33.6 Å². The molecule has 1 aromatic rings. The molecule has 2 heteroatoms. The van der Waals surface area contributed by atoms with Crippen molar-refractivity contribution in [1.82, 2.24) is 0 Å². The maximum absolute atomic E-state index is 10.4. The monoisotopic (exact) mass is 247 g/mol. The zero-order chi connectivity index (χ0) is 13.2. The fourth-order valence-electron chi connectivity index (χ4n) is 3.03. The van der Waals surface area contributed by atoms with E-state index in [0.717, 1.165) is 25.9 Å². The highest BCUT2D eigenvalue weighted by molar-refractivity contribution is 5.45. The average Bonchev–Trinajstić information content (AvgIpc) is 2.63. The molecular weight excluding hydrogens is 222 g/mol. The molecule has 0 radical (unpaired) electrons. The fourth-order valence-corrected chi connectivity index (χ4v) is 3.03. The van der Waals surface area contributed by atoms with Crippen molar-refractivity contribution in [2.75, 3.05) is 18.0 Å². The van der Waals surface area contributed by atoms with Gasteiger partial charge >= 0.3 is 0 Å². The van der Waals surface area contributed by atoms with E-state index in [-0.39, 0.29) is 11.5 Å². The fraction of sp³-hybridized carbons (Fsp3) is 0.625. The zero-order valence-electron chi connectivity index (χ0n) is 11.8. The summed E-state index contributed by atoms with van der Waals surface area (Å²) in [4.78, 5) is 2.37. The smallest absolute Gasteiger partial charge is 0.0636 e. The molecule has 100 valence electrons. The average molecular weight is 247 g/mol. The summed E-state index contributed by atoms with van der Waals surface area (Å²) in [6.45, 7) is 8.49. The molecule has 0 spiro atoms. The molecule has 0 amide bonds. The summed E-state index contributed by atoms with van der Waals surface area (Å²) >= 11 is 0. The van der Waals surface area contributed by atoms with Gasteiger partial charge < -0.3 is 10.0 Å². The molecule has 1 aliphatic rings. The van der Waals surface area contributed by atoms with Gasteiger partial charge in [-0.15, -0.1) is 0 Å². The van der Waals surface area contributed by atoms with Gasteiger partial charge in [0.25, 0.3) is 0 Å². The molecule has 0 aromatic heterocycles. The van der Waals surface area contributed by atoms with Crippen LogP contribution < -0.4 is 4.90 Å². The number of anilines is 1. The number of aliphatic hydroxyl groups excluding tert-OH is 1. The molecular formula is C16H25NO. The zero-order valence-corrected chi connectivity index (χ0v) is 11.8. The van der Waals surface area contributed by atoms with Crippen LogP contribution in [0, 0.1) is 11.3 Å². The van der Waals surface area contributed by atoms with Crippen molar-refractivity contribution in [3.05, 3.63) is 30.3 Å². The first-order valence-corrected chi connectivity index (χ1v) is 7.02. The molecule has 1 saturated carbocycles. The van der Waals surface area contributed by atoms with Gasteiger partial charge in [-0.3, -0.25) is 0 Å². The summed E-state index contributed by atoms with van der Waals surface area (Å²) in [5, 5.41) is 10.4. The maximum atomic E-state index is 10.4. The number of para-hydroxylation sites is 1. The van der Waals surface area contributed by atoms with Crippen molar-refractivity contribution < 1.29 is 5.11 Å². The Bertz CT molecular complexity index is 374. The summed E-state index contributed by atoms with van der Waals surface area (Å²) in [5.74, 6) is 0.403. The van der Waals surface area contributed by atoms with Gasteiger partial charge in [-0.05, 0) is 37.3 Å². The highest BCUT2D eigenvalue weighted by Gasteiger charge is 2.41. The molecule has 18 heavy (non-hydrogen) atoms. The van der Waals surface area contributed by atoms with E-state index in [1.807, 2.05) is 6.07 Å². The molecule has 0 aliphatic heterocycles. The molecule has 0 heterocycles. The SMILES string of the molecule is CCN(CC1CCC(C)(C)C1O)c1ccccc1. The predicted molar refractivity (Wildman–Crippen MR) is 76.8 cm³/mol. The largest absolute Gasteiger partial charge is 0.392 e. The van der Waals surface area contributed by atoms with Crippen molar-refractivity contribution >= 4 is 5.69 Å². The molecule has 2 rings (SSSR count). The van der Waals surface area contributed by atoms with Gasteiger partial charge in [-0.1, -0.05) is 32.0 Å². The summed E-state index contributed by atoms with van der Waals surface area (Å²) in [7, 11) is 0. The number of benzene rings is 1. The molecule has 0 saturated heterocycles. The Morgan fingerprint density at radius 1 is 1.28 bits per heavy atom. The molecule has 1 aromatic carbocycles. The van der Waals surface area contributed by atoms with E-state index in [1.54, 1.807) is 0 Å². The Morgan fingerprint density at radius 2 is 1.94 bits per heavy atom. The first-order valence-electron chi connectivity index (χ1n) is 7.02. The normalized spacial score (nSPS) is 26.2. The third-order valence-electron chi connectivity index (χ3n) is 4.36. The van der Waals surface area contributed by atoms with Crippen molar-refractivity contribution in [3.8, 4) is 0 Å². The van der Waals surface area contributed by atoms with Crippen LogP contribution in [0.5, 0.6) is 0 Å². The summed E-state index contributed by atoms with van der Waals surface area (Å²) in [5.41, 5.74) is 1.35. The van der Waals surface area contributed by atoms with E-state index in [2.05, 4.69) is 49.9 Å². The predicted octanol–water partition coefficient (Wildman–Crippen LogP) is 3.31. The van der Waals surface area contributed by atoms with E-state index in [9.17, 15) is 5.11 Å². The molecule has 2 nitrogen and oxygen atoms in total. The highest BCUT2D eigenvalue weighted by Crippen LogP contribution is 2.41. The highest BCUT2D eigenvalue weighted by atomic mass is 16.3. The molecule has 0 bridgehead atoms. The minimum absolute atomic E-state index is 0.0841. The summed E-state index contributed by atoms with van der Waals surface area (Å²) < 4.78 is 0. The lowest BCUT2D eigenvalue weighted by Crippen LogP contribution is -2.36. The van der Waals surface area contributed by atoms with E-state index >= 15 is 0 Å². The lowest BCUT2D eigenvalue weighted by atomic mass is 9.87. The van der Waals surface area contributed by atoms with Gasteiger partial charge in [0.2, 0.25) is 0 Å². The summed E-state index contributed by atoms with van der Waals surface area (Å²) in [6.07, 6.45) is 2.10. The van der Waals surface area contributed by atoms with Gasteiger partial charge in [0.05, 0.1) is 6.10 Å². The Morgan fingerprint density at radius 3 is 2.44 bits per heavy atom. The van der Waals surface area contributed by atoms with Gasteiger partial charge in [0.15, 0.2) is 0 Å². The van der Waals surface area contributed by atoms with Crippen LogP contribution in [0.25, 0.3) is 0 Å². The Kier molecular flexibility index (Phi) is 3.96. The van der Waals surface area contributed by atoms with Crippen LogP contribution in [0.15, 0.2) is 30.3 Å². The summed E-state index contributed by atoms with van der Waals surface area (Å²) in [6, 6.07) is 10.5. The molecule has 1 N–H and O–H groups in total. The number of nitrogens with zero attached hydrogens (tertiary/aromatic N) is 1. The first-order chi connectivity index (χ1) is 8.54. The van der Waals surface area contributed by atoms with E-state index < -0.39 is 0 Å². The lowest BCUT2D eigenvalue weighted by molar-refractivity contribution is 0.0482. The van der Waals surface area contributed by atoms with Crippen molar-refractivity contribution in [1.29, 1.82) is 0 Å². The second-order valence-corrected chi connectivity index (χ2v) is 6.11. The standard InChI is InChI=1S/C16H25NO/c1-4-17(14-8-6-5-7-9-14)12-13-10-11-16(2,3)15(13)18/h5-9,13,15,18H,4,10-12H2,1-3H3. The third kappa shape index (κ3) is 2.69. The van der Waals surface area contributed by atoms with Gasteiger partial charge in [0.1, 0.15) is 0 Å². The minimum atomic E-state index is -0.171. The maximum Gasteiger partial charge on any atom is 0.0636 e. The van der Waals surface area contributed by atoms with Crippen LogP contribution in [0.2, 0.25) is 0 Å². The topological polar surface area (TPSA) is 23.5 Å². The Balaban J connectivity index is 2.04. The molecule has 1 aliphatic carbocycles. The van der Waals surface area contributed by atoms with E-state index in [4.69, 9.17) is 0 Å². The van der Waals surface area contributed by atoms with Crippen LogP contribution in [0.4, 0.5) is 5.69 Å². The number of aliphatic hydroxyl groups is 1. The number of rotatable bonds is 4. The van der Waals surface area contributed by atoms with Gasteiger partial charge in [0, 0.05) is 24.7 Å². The van der Waals surface area contributed by atoms with Crippen LogP contribution in [-0.2, 0) is 0 Å².